The molecule has 0 amide bonds. The summed E-state index contributed by atoms with van der Waals surface area (Å²) in [4.78, 5) is 12.2. The van der Waals surface area contributed by atoms with Crippen molar-refractivity contribution < 1.29 is 0 Å². The van der Waals surface area contributed by atoms with Gasteiger partial charge in [-0.25, -0.2) is 9.97 Å². The van der Waals surface area contributed by atoms with Crippen molar-refractivity contribution in [3.63, 3.8) is 0 Å². The van der Waals surface area contributed by atoms with Crippen LogP contribution in [0.4, 0.5) is 5.82 Å². The maximum atomic E-state index is 5.00. The van der Waals surface area contributed by atoms with Crippen LogP contribution in [0.1, 0.15) is 30.5 Å². The zero-order chi connectivity index (χ0) is 18.2. The van der Waals surface area contributed by atoms with Gasteiger partial charge in [-0.15, -0.1) is 0 Å². The van der Waals surface area contributed by atoms with Crippen LogP contribution < -0.4 is 21.1 Å². The van der Waals surface area contributed by atoms with Crippen molar-refractivity contribution in [3.05, 3.63) is 41.6 Å². The van der Waals surface area contributed by atoms with Crippen molar-refractivity contribution in [2.24, 2.45) is 5.92 Å². The average molecular weight is 364 g/mol. The van der Waals surface area contributed by atoms with Gasteiger partial charge in [-0.1, -0.05) is 30.3 Å². The summed E-state index contributed by atoms with van der Waals surface area (Å²) >= 11 is 0. The molecular weight excluding hydrogens is 336 g/mol. The van der Waals surface area contributed by atoms with E-state index in [1.807, 2.05) is 18.2 Å². The van der Waals surface area contributed by atoms with E-state index in [0.29, 0.717) is 12.1 Å². The van der Waals surface area contributed by atoms with Crippen LogP contribution in [0.25, 0.3) is 11.4 Å². The predicted octanol–water partition coefficient (Wildman–Crippen LogP) is 1.87. The average Bonchev–Trinajstić information content (AvgIpc) is 3.47. The molecule has 1 aromatic carbocycles. The Bertz CT molecular complexity index is 804. The Kier molecular flexibility index (Phi) is 4.55. The first-order valence-corrected chi connectivity index (χ1v) is 10.2. The van der Waals surface area contributed by atoms with E-state index in [1.54, 1.807) is 0 Å². The Morgan fingerprint density at radius 1 is 1.11 bits per heavy atom. The third-order valence-corrected chi connectivity index (χ3v) is 6.01. The lowest BCUT2D eigenvalue weighted by molar-refractivity contribution is 0.499. The van der Waals surface area contributed by atoms with Crippen LogP contribution in [0.5, 0.6) is 0 Å². The summed E-state index contributed by atoms with van der Waals surface area (Å²) in [5.41, 5.74) is 10.5. The molecule has 27 heavy (non-hydrogen) atoms. The topological polar surface area (TPSA) is 65.1 Å². The highest BCUT2D eigenvalue weighted by Gasteiger charge is 2.37. The normalized spacial score (nSPS) is 24.6. The molecule has 6 heteroatoms. The molecule has 2 unspecified atom stereocenters. The van der Waals surface area contributed by atoms with E-state index in [1.165, 1.54) is 24.8 Å². The van der Waals surface area contributed by atoms with Crippen LogP contribution in [-0.4, -0.2) is 42.2 Å². The van der Waals surface area contributed by atoms with Crippen LogP contribution in [-0.2, 0) is 13.0 Å². The fourth-order valence-electron chi connectivity index (χ4n) is 4.37. The fourth-order valence-corrected chi connectivity index (χ4v) is 4.37. The Balaban J connectivity index is 1.41. The lowest BCUT2D eigenvalue weighted by Gasteiger charge is -2.28. The minimum absolute atomic E-state index is 0.466. The van der Waals surface area contributed by atoms with Gasteiger partial charge in [-0.3, -0.25) is 10.9 Å². The lowest BCUT2D eigenvalue weighted by Crippen LogP contribution is -2.40. The predicted molar refractivity (Wildman–Crippen MR) is 107 cm³/mol. The van der Waals surface area contributed by atoms with Gasteiger partial charge in [0.2, 0.25) is 0 Å². The summed E-state index contributed by atoms with van der Waals surface area (Å²) in [6, 6.07) is 11.4. The van der Waals surface area contributed by atoms with E-state index in [0.717, 1.165) is 54.9 Å². The van der Waals surface area contributed by atoms with Crippen molar-refractivity contribution in [1.29, 1.82) is 0 Å². The highest BCUT2D eigenvalue weighted by atomic mass is 15.4. The lowest BCUT2D eigenvalue weighted by atomic mass is 10.0. The maximum Gasteiger partial charge on any atom is 0.161 e. The molecular formula is C21H28N6. The molecule has 3 aliphatic rings. The number of rotatable bonds is 5. The number of anilines is 1. The second-order valence-corrected chi connectivity index (χ2v) is 8.13. The van der Waals surface area contributed by atoms with Gasteiger partial charge < -0.3 is 10.2 Å². The molecule has 1 aliphatic carbocycles. The number of nitrogens with zero attached hydrogens (tertiary/aromatic N) is 3. The van der Waals surface area contributed by atoms with Gasteiger partial charge >= 0.3 is 0 Å². The fraction of sp³-hybridized carbons (Fsp3) is 0.524. The van der Waals surface area contributed by atoms with Crippen LogP contribution in [0.15, 0.2) is 30.3 Å². The van der Waals surface area contributed by atoms with Crippen LogP contribution in [0.2, 0.25) is 0 Å². The van der Waals surface area contributed by atoms with Crippen LogP contribution >= 0.6 is 0 Å². The molecule has 2 atom stereocenters. The molecule has 0 spiro atoms. The third kappa shape index (κ3) is 3.57. The molecule has 2 aromatic rings. The Morgan fingerprint density at radius 3 is 2.78 bits per heavy atom. The zero-order valence-electron chi connectivity index (χ0n) is 15.9. The molecule has 3 heterocycles. The van der Waals surface area contributed by atoms with E-state index in [9.17, 15) is 0 Å². The second-order valence-electron chi connectivity index (χ2n) is 8.13. The summed E-state index contributed by atoms with van der Waals surface area (Å²) in [5, 5.41) is 3.45. The minimum Gasteiger partial charge on any atom is -0.358 e. The molecule has 142 valence electrons. The molecule has 3 N–H and O–H groups in total. The van der Waals surface area contributed by atoms with E-state index in [2.05, 4.69) is 40.2 Å². The summed E-state index contributed by atoms with van der Waals surface area (Å²) in [5.74, 6) is 2.81. The quantitative estimate of drug-likeness (QED) is 0.753. The smallest absolute Gasteiger partial charge is 0.161 e. The Labute approximate surface area is 160 Å². The SMILES string of the molecule is CN(CC1CC(C2CC2)NN1)c1nc(-c2ccccc2)nc2c1CCNC2. The molecule has 1 aromatic heterocycles. The minimum atomic E-state index is 0.466. The summed E-state index contributed by atoms with van der Waals surface area (Å²) in [6.45, 7) is 2.78. The number of likely N-dealkylation sites (N-methyl/N-ethyl adjacent to an activating group) is 1. The first kappa shape index (κ1) is 17.1. The number of nitrogens with one attached hydrogen (secondary N) is 3. The summed E-state index contributed by atoms with van der Waals surface area (Å²) in [7, 11) is 2.17. The molecule has 1 saturated heterocycles. The van der Waals surface area contributed by atoms with E-state index in [4.69, 9.17) is 9.97 Å². The number of fused-ring (bicyclic) bond motifs is 1. The highest BCUT2D eigenvalue weighted by molar-refractivity contribution is 5.61. The van der Waals surface area contributed by atoms with Gasteiger partial charge in [0.25, 0.3) is 0 Å². The molecule has 0 bridgehead atoms. The standard InChI is InChI=1S/C21H28N6/c1-27(13-16-11-18(26-25-16)14-7-8-14)21-17-9-10-22-12-19(17)23-20(24-21)15-5-3-2-4-6-15/h2-6,14,16,18,22,25-26H,7-13H2,1H3. The van der Waals surface area contributed by atoms with Gasteiger partial charge in [0.1, 0.15) is 5.82 Å². The summed E-state index contributed by atoms with van der Waals surface area (Å²) in [6.07, 6.45) is 4.96. The molecule has 2 fully saturated rings. The number of aromatic nitrogens is 2. The zero-order valence-corrected chi connectivity index (χ0v) is 15.9. The molecule has 5 rings (SSSR count). The van der Waals surface area contributed by atoms with Crippen LogP contribution in [0, 0.1) is 5.92 Å². The van der Waals surface area contributed by atoms with Crippen molar-refractivity contribution in [2.75, 3.05) is 25.0 Å². The van der Waals surface area contributed by atoms with Crippen molar-refractivity contribution in [1.82, 2.24) is 26.1 Å². The van der Waals surface area contributed by atoms with Crippen LogP contribution in [0.3, 0.4) is 0 Å². The molecule has 2 aliphatic heterocycles. The van der Waals surface area contributed by atoms with Crippen molar-refractivity contribution >= 4 is 5.82 Å². The maximum absolute atomic E-state index is 5.00. The molecule has 6 nitrogen and oxygen atoms in total. The van der Waals surface area contributed by atoms with Gasteiger partial charge in [0.05, 0.1) is 5.69 Å². The third-order valence-electron chi connectivity index (χ3n) is 6.01. The Hall–Kier alpha value is -2.02. The Morgan fingerprint density at radius 2 is 1.96 bits per heavy atom. The number of benzene rings is 1. The number of hydrogen-bond acceptors (Lipinski definition) is 6. The van der Waals surface area contributed by atoms with E-state index >= 15 is 0 Å². The highest BCUT2D eigenvalue weighted by Crippen LogP contribution is 2.36. The van der Waals surface area contributed by atoms with Gasteiger partial charge in [-0.05, 0) is 38.1 Å². The summed E-state index contributed by atoms with van der Waals surface area (Å²) < 4.78 is 0. The number of hydrogen-bond donors (Lipinski definition) is 3. The number of hydrazine groups is 1. The molecule has 0 radical (unpaired) electrons. The monoisotopic (exact) mass is 364 g/mol. The second kappa shape index (κ2) is 7.19. The van der Waals surface area contributed by atoms with Gasteiger partial charge in [0, 0.05) is 43.3 Å². The first-order chi connectivity index (χ1) is 13.3. The molecule has 1 saturated carbocycles. The van der Waals surface area contributed by atoms with Gasteiger partial charge in [-0.2, -0.15) is 0 Å². The first-order valence-electron chi connectivity index (χ1n) is 10.2. The largest absolute Gasteiger partial charge is 0.358 e. The van der Waals surface area contributed by atoms with Crippen molar-refractivity contribution in [2.45, 2.75) is 44.3 Å². The van der Waals surface area contributed by atoms with E-state index < -0.39 is 0 Å². The van der Waals surface area contributed by atoms with E-state index in [-0.39, 0.29) is 0 Å². The van der Waals surface area contributed by atoms with Gasteiger partial charge in [0.15, 0.2) is 5.82 Å². The van der Waals surface area contributed by atoms with Crippen molar-refractivity contribution in [3.8, 4) is 11.4 Å².